The van der Waals surface area contributed by atoms with Gasteiger partial charge in [0.1, 0.15) is 0 Å². The van der Waals surface area contributed by atoms with E-state index >= 15 is 0 Å². The Hall–Kier alpha value is -0.930. The van der Waals surface area contributed by atoms with E-state index in [9.17, 15) is 4.79 Å². The number of carbonyl (C=O) groups is 1. The van der Waals surface area contributed by atoms with Gasteiger partial charge in [0.2, 0.25) is 5.91 Å². The zero-order chi connectivity index (χ0) is 11.4. The molecular weight excluding hydrogens is 190 g/mol. The predicted molar refractivity (Wildman–Crippen MR) is 62.0 cm³/mol. The second-order valence-electron chi connectivity index (χ2n) is 3.58. The Bertz CT molecular complexity index is 181. The Morgan fingerprint density at radius 3 is 2.60 bits per heavy atom. The minimum Gasteiger partial charge on any atom is -0.354 e. The maximum absolute atomic E-state index is 11.3. The lowest BCUT2D eigenvalue weighted by Gasteiger charge is -2.02. The number of hydrogen-bond acceptors (Lipinski definition) is 3. The summed E-state index contributed by atoms with van der Waals surface area (Å²) in [4.78, 5) is 11.3. The highest BCUT2D eigenvalue weighted by Crippen LogP contribution is 2.04. The molecule has 0 aliphatic rings. The minimum absolute atomic E-state index is 0.137. The molecule has 88 valence electrons. The van der Waals surface area contributed by atoms with Crippen LogP contribution < -0.4 is 5.32 Å². The van der Waals surface area contributed by atoms with Crippen LogP contribution in [0.25, 0.3) is 0 Å². The van der Waals surface area contributed by atoms with Crippen LogP contribution in [-0.2, 0) is 4.79 Å². The zero-order valence-electron chi connectivity index (χ0n) is 9.96. The molecule has 0 aliphatic carbocycles. The summed E-state index contributed by atoms with van der Waals surface area (Å²) >= 11 is 0. The van der Waals surface area contributed by atoms with Gasteiger partial charge in [-0.15, -0.1) is 0 Å². The van der Waals surface area contributed by atoms with Gasteiger partial charge < -0.3 is 5.32 Å². The molecule has 0 fully saturated rings. The van der Waals surface area contributed by atoms with Crippen LogP contribution in [0.4, 0.5) is 0 Å². The van der Waals surface area contributed by atoms with E-state index < -0.39 is 0 Å². The van der Waals surface area contributed by atoms with E-state index in [4.69, 9.17) is 0 Å². The summed E-state index contributed by atoms with van der Waals surface area (Å²) in [7, 11) is 1.63. The molecule has 4 heteroatoms. The fourth-order valence-electron chi connectivity index (χ4n) is 1.32. The molecule has 0 atom stereocenters. The molecule has 0 radical (unpaired) electrons. The van der Waals surface area contributed by atoms with Crippen molar-refractivity contribution < 1.29 is 4.79 Å². The molecule has 0 aromatic rings. The van der Waals surface area contributed by atoms with Crippen LogP contribution in [0, 0.1) is 0 Å². The lowest BCUT2D eigenvalue weighted by molar-refractivity contribution is -0.121. The van der Waals surface area contributed by atoms with E-state index in [1.807, 2.05) is 0 Å². The van der Waals surface area contributed by atoms with Crippen molar-refractivity contribution in [1.82, 2.24) is 5.32 Å². The largest absolute Gasteiger partial charge is 0.354 e. The van der Waals surface area contributed by atoms with Gasteiger partial charge >= 0.3 is 0 Å². The molecule has 0 spiro atoms. The highest BCUT2D eigenvalue weighted by Gasteiger charge is 1.99. The highest BCUT2D eigenvalue weighted by molar-refractivity contribution is 5.75. The zero-order valence-corrected chi connectivity index (χ0v) is 9.96. The van der Waals surface area contributed by atoms with E-state index in [0.717, 1.165) is 12.8 Å². The van der Waals surface area contributed by atoms with Gasteiger partial charge in [-0.1, -0.05) is 32.6 Å². The molecule has 1 N–H and O–H groups in total. The van der Waals surface area contributed by atoms with Crippen LogP contribution in [0.15, 0.2) is 10.2 Å². The van der Waals surface area contributed by atoms with Crippen molar-refractivity contribution >= 4 is 5.91 Å². The minimum atomic E-state index is 0.137. The summed E-state index contributed by atoms with van der Waals surface area (Å²) in [5.74, 6) is 0.137. The van der Waals surface area contributed by atoms with E-state index in [-0.39, 0.29) is 5.91 Å². The Morgan fingerprint density at radius 2 is 1.93 bits per heavy atom. The average molecular weight is 213 g/mol. The maximum atomic E-state index is 11.3. The van der Waals surface area contributed by atoms with Crippen molar-refractivity contribution in [2.45, 2.75) is 45.4 Å². The lowest BCUT2D eigenvalue weighted by Crippen LogP contribution is -2.25. The summed E-state index contributed by atoms with van der Waals surface area (Å²) in [5, 5.41) is 10.2. The molecule has 4 nitrogen and oxygen atoms in total. The van der Waals surface area contributed by atoms with Crippen molar-refractivity contribution in [2.24, 2.45) is 10.2 Å². The quantitative estimate of drug-likeness (QED) is 0.464. The van der Waals surface area contributed by atoms with Gasteiger partial charge in [0.25, 0.3) is 0 Å². The van der Waals surface area contributed by atoms with Crippen LogP contribution in [0.2, 0.25) is 0 Å². The fraction of sp³-hybridized carbons (Fsp3) is 0.909. The molecule has 0 saturated heterocycles. The number of amides is 1. The highest BCUT2D eigenvalue weighted by atomic mass is 16.1. The summed E-state index contributed by atoms with van der Waals surface area (Å²) in [5.41, 5.74) is 0. The first-order chi connectivity index (χ1) is 7.31. The van der Waals surface area contributed by atoms with Gasteiger partial charge in [0.15, 0.2) is 0 Å². The first-order valence-electron chi connectivity index (χ1n) is 5.83. The summed E-state index contributed by atoms with van der Waals surface area (Å²) in [6.45, 7) is 3.37. The standard InChI is InChI=1S/C11H23N3O/c1-3-4-5-6-7-8-11(15)13-9-10-14-12-2/h3-10H2,1-2H3,(H,13,15). The van der Waals surface area contributed by atoms with E-state index in [0.29, 0.717) is 19.5 Å². The monoisotopic (exact) mass is 213 g/mol. The number of hydrogen-bond donors (Lipinski definition) is 1. The topological polar surface area (TPSA) is 53.8 Å². The third-order valence-corrected chi connectivity index (χ3v) is 2.18. The molecule has 0 aromatic heterocycles. The van der Waals surface area contributed by atoms with Crippen LogP contribution >= 0.6 is 0 Å². The normalized spacial score (nSPS) is 10.8. The fourth-order valence-corrected chi connectivity index (χ4v) is 1.32. The third-order valence-electron chi connectivity index (χ3n) is 2.18. The number of rotatable bonds is 9. The molecule has 0 saturated carbocycles. The van der Waals surface area contributed by atoms with Gasteiger partial charge in [-0.25, -0.2) is 0 Å². The van der Waals surface area contributed by atoms with Crippen molar-refractivity contribution in [3.63, 3.8) is 0 Å². The number of azo groups is 1. The van der Waals surface area contributed by atoms with Crippen molar-refractivity contribution in [3.8, 4) is 0 Å². The first-order valence-corrected chi connectivity index (χ1v) is 5.83. The number of nitrogens with zero attached hydrogens (tertiary/aromatic N) is 2. The van der Waals surface area contributed by atoms with Crippen LogP contribution in [0.5, 0.6) is 0 Å². The second kappa shape index (κ2) is 11.1. The molecular formula is C11H23N3O. The smallest absolute Gasteiger partial charge is 0.220 e. The summed E-state index contributed by atoms with van der Waals surface area (Å²) < 4.78 is 0. The Labute approximate surface area is 92.5 Å². The van der Waals surface area contributed by atoms with Gasteiger partial charge in [-0.3, -0.25) is 4.79 Å². The SMILES string of the molecule is CCCCCCCC(=O)NCCN=NC. The average Bonchev–Trinajstić information content (AvgIpc) is 2.24. The summed E-state index contributed by atoms with van der Waals surface area (Å²) in [6.07, 6.45) is 6.57. The summed E-state index contributed by atoms with van der Waals surface area (Å²) in [6, 6.07) is 0. The molecule has 0 bridgehead atoms. The Balaban J connectivity index is 3.18. The molecule has 0 rings (SSSR count). The van der Waals surface area contributed by atoms with E-state index in [1.165, 1.54) is 19.3 Å². The van der Waals surface area contributed by atoms with E-state index in [1.54, 1.807) is 7.05 Å². The van der Waals surface area contributed by atoms with Crippen LogP contribution in [0.1, 0.15) is 45.4 Å². The lowest BCUT2D eigenvalue weighted by atomic mass is 10.1. The maximum Gasteiger partial charge on any atom is 0.220 e. The molecule has 0 unspecified atom stereocenters. The van der Waals surface area contributed by atoms with Crippen molar-refractivity contribution in [2.75, 3.05) is 20.1 Å². The predicted octanol–water partition coefficient (Wildman–Crippen LogP) is 2.55. The van der Waals surface area contributed by atoms with Crippen molar-refractivity contribution in [1.29, 1.82) is 0 Å². The molecule has 15 heavy (non-hydrogen) atoms. The van der Waals surface area contributed by atoms with Gasteiger partial charge in [-0.05, 0) is 6.42 Å². The Morgan fingerprint density at radius 1 is 1.20 bits per heavy atom. The van der Waals surface area contributed by atoms with Crippen LogP contribution in [-0.4, -0.2) is 26.0 Å². The number of unbranched alkanes of at least 4 members (excludes halogenated alkanes) is 4. The number of nitrogens with one attached hydrogen (secondary N) is 1. The van der Waals surface area contributed by atoms with Gasteiger partial charge in [-0.2, -0.15) is 10.2 Å². The third kappa shape index (κ3) is 11.0. The van der Waals surface area contributed by atoms with E-state index in [2.05, 4.69) is 22.5 Å². The van der Waals surface area contributed by atoms with Gasteiger partial charge in [0, 0.05) is 20.0 Å². The molecule has 0 aliphatic heterocycles. The van der Waals surface area contributed by atoms with Crippen molar-refractivity contribution in [3.05, 3.63) is 0 Å². The van der Waals surface area contributed by atoms with Crippen LogP contribution in [0.3, 0.4) is 0 Å². The molecule has 1 amide bonds. The number of carbonyl (C=O) groups excluding carboxylic acids is 1. The Kier molecular flexibility index (Phi) is 10.5. The molecule has 0 heterocycles. The first kappa shape index (κ1) is 14.1. The molecule has 0 aromatic carbocycles. The van der Waals surface area contributed by atoms with Gasteiger partial charge in [0.05, 0.1) is 6.54 Å². The second-order valence-corrected chi connectivity index (χ2v) is 3.58.